The Hall–Kier alpha value is -1.38. The number of fused-ring (bicyclic) bond motifs is 1. The van der Waals surface area contributed by atoms with Crippen molar-refractivity contribution >= 4 is 5.97 Å². The Balaban J connectivity index is 2.60. The van der Waals surface area contributed by atoms with Gasteiger partial charge in [-0.15, -0.1) is 0 Å². The van der Waals surface area contributed by atoms with Crippen molar-refractivity contribution in [1.82, 2.24) is 0 Å². The van der Waals surface area contributed by atoms with Crippen molar-refractivity contribution in [2.75, 3.05) is 0 Å². The lowest BCUT2D eigenvalue weighted by Gasteiger charge is -2.00. The molecule has 0 aliphatic carbocycles. The molecule has 0 aromatic heterocycles. The van der Waals surface area contributed by atoms with Crippen LogP contribution in [-0.2, 0) is 4.74 Å². The van der Waals surface area contributed by atoms with Crippen LogP contribution in [0.15, 0.2) is 18.2 Å². The first-order valence-corrected chi connectivity index (χ1v) is 3.69. The van der Waals surface area contributed by atoms with E-state index in [2.05, 4.69) is 0 Å². The largest absolute Gasteiger partial charge is 0.454 e. The Labute approximate surface area is 69.0 Å². The lowest BCUT2D eigenvalue weighted by Crippen LogP contribution is -1.93. The molecule has 12 heavy (non-hydrogen) atoms. The molecule has 0 saturated heterocycles. The number of carbonyl (C=O) groups is 1. The van der Waals surface area contributed by atoms with Crippen LogP contribution >= 0.6 is 0 Å². The van der Waals surface area contributed by atoms with E-state index in [1.165, 1.54) is 18.2 Å². The average molecular weight is 166 g/mol. The maximum absolute atomic E-state index is 12.7. The summed E-state index contributed by atoms with van der Waals surface area (Å²) in [6, 6.07) is 4.06. The second-order valence-electron chi connectivity index (χ2n) is 2.78. The quantitative estimate of drug-likeness (QED) is 0.551. The molecule has 3 heteroatoms. The molecular formula is C9H7FO2. The van der Waals surface area contributed by atoms with Crippen molar-refractivity contribution < 1.29 is 13.9 Å². The minimum absolute atomic E-state index is 0.316. The van der Waals surface area contributed by atoms with E-state index in [0.717, 1.165) is 0 Å². The van der Waals surface area contributed by atoms with Crippen molar-refractivity contribution in [1.29, 1.82) is 0 Å². The van der Waals surface area contributed by atoms with E-state index in [4.69, 9.17) is 4.74 Å². The number of benzene rings is 1. The standard InChI is InChI=1S/C9H7FO2/c1-5-8-4-6(10)2-3-7(8)9(11)12-5/h2-5H,1H3/t5-/m1/s1. The fraction of sp³-hybridized carbons (Fsp3) is 0.222. The van der Waals surface area contributed by atoms with Crippen LogP contribution in [0.3, 0.4) is 0 Å². The van der Waals surface area contributed by atoms with Crippen LogP contribution in [0.25, 0.3) is 0 Å². The summed E-state index contributed by atoms with van der Waals surface area (Å²) in [7, 11) is 0. The average Bonchev–Trinajstić information content (AvgIpc) is 2.28. The minimum Gasteiger partial charge on any atom is -0.454 e. The van der Waals surface area contributed by atoms with Gasteiger partial charge in [-0.25, -0.2) is 9.18 Å². The van der Waals surface area contributed by atoms with Gasteiger partial charge in [0, 0.05) is 5.56 Å². The molecule has 1 atom stereocenters. The molecule has 0 unspecified atom stereocenters. The molecule has 0 spiro atoms. The number of hydrogen-bond acceptors (Lipinski definition) is 2. The van der Waals surface area contributed by atoms with Crippen LogP contribution in [0.5, 0.6) is 0 Å². The number of halogens is 1. The maximum atomic E-state index is 12.7. The predicted octanol–water partition coefficient (Wildman–Crippen LogP) is 2.06. The molecule has 1 aromatic carbocycles. The highest BCUT2D eigenvalue weighted by molar-refractivity contribution is 5.93. The zero-order chi connectivity index (χ0) is 8.72. The molecule has 0 fully saturated rings. The fourth-order valence-corrected chi connectivity index (χ4v) is 1.34. The third kappa shape index (κ3) is 0.897. The van der Waals surface area contributed by atoms with Crippen LogP contribution in [0, 0.1) is 5.82 Å². The molecule has 0 radical (unpaired) electrons. The predicted molar refractivity (Wildman–Crippen MR) is 40.2 cm³/mol. The van der Waals surface area contributed by atoms with E-state index in [0.29, 0.717) is 11.1 Å². The summed E-state index contributed by atoms with van der Waals surface area (Å²) in [6.07, 6.45) is -0.316. The van der Waals surface area contributed by atoms with Crippen LogP contribution in [0.1, 0.15) is 28.9 Å². The van der Waals surface area contributed by atoms with Crippen LogP contribution in [-0.4, -0.2) is 5.97 Å². The smallest absolute Gasteiger partial charge is 0.339 e. The van der Waals surface area contributed by atoms with Gasteiger partial charge in [0.2, 0.25) is 0 Å². The van der Waals surface area contributed by atoms with Crippen LogP contribution in [0.2, 0.25) is 0 Å². The summed E-state index contributed by atoms with van der Waals surface area (Å²) < 4.78 is 17.6. The number of esters is 1. The summed E-state index contributed by atoms with van der Waals surface area (Å²) in [5, 5.41) is 0. The summed E-state index contributed by atoms with van der Waals surface area (Å²) in [6.45, 7) is 1.73. The molecule has 0 N–H and O–H groups in total. The van der Waals surface area contributed by atoms with Crippen molar-refractivity contribution in [3.8, 4) is 0 Å². The maximum Gasteiger partial charge on any atom is 0.339 e. The van der Waals surface area contributed by atoms with Crippen LogP contribution < -0.4 is 0 Å². The van der Waals surface area contributed by atoms with Gasteiger partial charge in [0.05, 0.1) is 5.56 Å². The lowest BCUT2D eigenvalue weighted by atomic mass is 10.1. The molecule has 62 valence electrons. The summed E-state index contributed by atoms with van der Waals surface area (Å²) >= 11 is 0. The first-order chi connectivity index (χ1) is 5.68. The number of rotatable bonds is 0. The second kappa shape index (κ2) is 2.30. The molecule has 2 rings (SSSR count). The second-order valence-corrected chi connectivity index (χ2v) is 2.78. The Morgan fingerprint density at radius 2 is 2.25 bits per heavy atom. The highest BCUT2D eigenvalue weighted by Crippen LogP contribution is 2.30. The topological polar surface area (TPSA) is 26.3 Å². The van der Waals surface area contributed by atoms with Gasteiger partial charge in [-0.1, -0.05) is 0 Å². The van der Waals surface area contributed by atoms with E-state index in [1.807, 2.05) is 0 Å². The van der Waals surface area contributed by atoms with E-state index in [1.54, 1.807) is 6.92 Å². The molecule has 0 bridgehead atoms. The third-order valence-corrected chi connectivity index (χ3v) is 1.96. The molecule has 1 aliphatic rings. The number of ether oxygens (including phenoxy) is 1. The molecule has 2 nitrogen and oxygen atoms in total. The zero-order valence-corrected chi connectivity index (χ0v) is 6.50. The number of carbonyl (C=O) groups excluding carboxylic acids is 1. The van der Waals surface area contributed by atoms with E-state index >= 15 is 0 Å². The van der Waals surface area contributed by atoms with Gasteiger partial charge in [0.15, 0.2) is 0 Å². The Morgan fingerprint density at radius 1 is 1.50 bits per heavy atom. The molecule has 0 amide bonds. The van der Waals surface area contributed by atoms with Crippen molar-refractivity contribution in [2.45, 2.75) is 13.0 Å². The third-order valence-electron chi connectivity index (χ3n) is 1.96. The van der Waals surface area contributed by atoms with Crippen molar-refractivity contribution in [3.05, 3.63) is 35.1 Å². The monoisotopic (exact) mass is 166 g/mol. The van der Waals surface area contributed by atoms with Gasteiger partial charge >= 0.3 is 5.97 Å². The molecular weight excluding hydrogens is 159 g/mol. The number of hydrogen-bond donors (Lipinski definition) is 0. The van der Waals surface area contributed by atoms with E-state index in [-0.39, 0.29) is 17.9 Å². The highest BCUT2D eigenvalue weighted by Gasteiger charge is 2.27. The van der Waals surface area contributed by atoms with E-state index in [9.17, 15) is 9.18 Å². The molecule has 1 aromatic rings. The van der Waals surface area contributed by atoms with Gasteiger partial charge in [0.25, 0.3) is 0 Å². The van der Waals surface area contributed by atoms with Gasteiger partial charge in [-0.3, -0.25) is 0 Å². The van der Waals surface area contributed by atoms with E-state index < -0.39 is 0 Å². The Kier molecular flexibility index (Phi) is 1.40. The lowest BCUT2D eigenvalue weighted by molar-refractivity contribution is 0.0421. The fourth-order valence-electron chi connectivity index (χ4n) is 1.34. The molecule has 0 saturated carbocycles. The number of cyclic esters (lactones) is 1. The Bertz CT molecular complexity index is 346. The summed E-state index contributed by atoms with van der Waals surface area (Å²) in [5.74, 6) is -0.698. The first-order valence-electron chi connectivity index (χ1n) is 3.69. The van der Waals surface area contributed by atoms with Gasteiger partial charge in [0.1, 0.15) is 11.9 Å². The van der Waals surface area contributed by atoms with Crippen molar-refractivity contribution in [3.63, 3.8) is 0 Å². The molecule has 1 heterocycles. The summed E-state index contributed by atoms with van der Waals surface area (Å²) in [5.41, 5.74) is 1.11. The minimum atomic E-state index is -0.363. The van der Waals surface area contributed by atoms with Crippen molar-refractivity contribution in [2.24, 2.45) is 0 Å². The summed E-state index contributed by atoms with van der Waals surface area (Å²) in [4.78, 5) is 11.0. The van der Waals surface area contributed by atoms with Gasteiger partial charge < -0.3 is 4.74 Å². The van der Waals surface area contributed by atoms with Gasteiger partial charge in [-0.05, 0) is 25.1 Å². The van der Waals surface area contributed by atoms with Crippen LogP contribution in [0.4, 0.5) is 4.39 Å². The Morgan fingerprint density at radius 3 is 3.00 bits per heavy atom. The first kappa shape index (κ1) is 7.28. The van der Waals surface area contributed by atoms with Gasteiger partial charge in [-0.2, -0.15) is 0 Å². The normalized spacial score (nSPS) is 20.5. The SMILES string of the molecule is C[C@H]1OC(=O)c2ccc(F)cc21. The molecule has 1 aliphatic heterocycles. The zero-order valence-electron chi connectivity index (χ0n) is 6.50. The highest BCUT2D eigenvalue weighted by atomic mass is 19.1.